The molecular weight excluding hydrogens is 232 g/mol. The lowest BCUT2D eigenvalue weighted by Crippen LogP contribution is -2.13. The molecule has 0 aliphatic carbocycles. The first-order chi connectivity index (χ1) is 9.35. The molecule has 1 aromatic heterocycles. The van der Waals surface area contributed by atoms with Gasteiger partial charge in [0.1, 0.15) is 0 Å². The molecule has 0 unspecified atom stereocenters. The van der Waals surface area contributed by atoms with E-state index < -0.39 is 0 Å². The van der Waals surface area contributed by atoms with Crippen molar-refractivity contribution in [2.75, 3.05) is 6.54 Å². The molecule has 0 radical (unpaired) electrons. The van der Waals surface area contributed by atoms with Crippen LogP contribution < -0.4 is 5.32 Å². The summed E-state index contributed by atoms with van der Waals surface area (Å²) in [6.07, 6.45) is 7.60. The van der Waals surface area contributed by atoms with E-state index in [9.17, 15) is 0 Å². The fraction of sp³-hybridized carbons (Fsp3) is 0.412. The summed E-state index contributed by atoms with van der Waals surface area (Å²) >= 11 is 0. The molecule has 1 N–H and O–H groups in total. The Kier molecular flexibility index (Phi) is 5.22. The van der Waals surface area contributed by atoms with Crippen molar-refractivity contribution >= 4 is 10.9 Å². The van der Waals surface area contributed by atoms with Crippen molar-refractivity contribution in [3.63, 3.8) is 0 Å². The first-order valence-corrected chi connectivity index (χ1v) is 7.24. The Morgan fingerprint density at radius 3 is 3.00 bits per heavy atom. The van der Waals surface area contributed by atoms with Gasteiger partial charge in [-0.25, -0.2) is 0 Å². The fourth-order valence-electron chi connectivity index (χ4n) is 2.35. The van der Waals surface area contributed by atoms with Crippen LogP contribution in [0.25, 0.3) is 10.9 Å². The van der Waals surface area contributed by atoms with E-state index in [1.165, 1.54) is 22.9 Å². The third kappa shape index (κ3) is 3.71. The number of nitrogens with zero attached hydrogens (tertiary/aromatic N) is 1. The maximum Gasteiger partial charge on any atom is 0.0483 e. The number of fused-ring (bicyclic) bond motifs is 1. The number of aryl methyl sites for hydroxylation is 1. The molecule has 0 spiro atoms. The summed E-state index contributed by atoms with van der Waals surface area (Å²) in [7, 11) is 0. The highest BCUT2D eigenvalue weighted by Gasteiger charge is 2.02. The number of nitrogens with one attached hydrogen (secondary N) is 1. The molecule has 0 atom stereocenters. The lowest BCUT2D eigenvalue weighted by atomic mass is 10.1. The Morgan fingerprint density at radius 1 is 1.32 bits per heavy atom. The molecule has 0 fully saturated rings. The van der Waals surface area contributed by atoms with E-state index in [1.54, 1.807) is 0 Å². The Bertz CT molecular complexity index is 525. The van der Waals surface area contributed by atoms with Crippen LogP contribution in [0.4, 0.5) is 0 Å². The van der Waals surface area contributed by atoms with Crippen molar-refractivity contribution in [2.45, 2.75) is 39.3 Å². The summed E-state index contributed by atoms with van der Waals surface area (Å²) in [5.74, 6) is 0. The summed E-state index contributed by atoms with van der Waals surface area (Å²) in [6, 6.07) is 8.96. The van der Waals surface area contributed by atoms with Crippen molar-refractivity contribution in [1.82, 2.24) is 9.88 Å². The molecule has 2 heteroatoms. The standard InChI is InChI=1S/C17H24N2/c1-3-5-6-11-19-12-9-16-8-7-15(13-17(16)19)14-18-10-4-2/h3,7-9,12-13,18H,1,4-6,10-11,14H2,2H3. The monoisotopic (exact) mass is 256 g/mol. The van der Waals surface area contributed by atoms with E-state index in [0.29, 0.717) is 0 Å². The van der Waals surface area contributed by atoms with E-state index in [1.807, 2.05) is 6.08 Å². The minimum absolute atomic E-state index is 0.960. The quantitative estimate of drug-likeness (QED) is 0.555. The third-order valence-corrected chi connectivity index (χ3v) is 3.40. The summed E-state index contributed by atoms with van der Waals surface area (Å²) < 4.78 is 2.35. The van der Waals surface area contributed by atoms with Crippen LogP contribution in [-0.2, 0) is 13.1 Å². The molecule has 1 heterocycles. The second kappa shape index (κ2) is 7.15. The number of rotatable bonds is 8. The van der Waals surface area contributed by atoms with Gasteiger partial charge >= 0.3 is 0 Å². The number of allylic oxidation sites excluding steroid dienone is 1. The molecule has 0 bridgehead atoms. The van der Waals surface area contributed by atoms with Crippen molar-refractivity contribution in [2.24, 2.45) is 0 Å². The maximum atomic E-state index is 3.78. The highest BCUT2D eigenvalue weighted by Crippen LogP contribution is 2.18. The normalized spacial score (nSPS) is 11.0. The Balaban J connectivity index is 2.10. The molecule has 0 amide bonds. The smallest absolute Gasteiger partial charge is 0.0483 e. The second-order valence-corrected chi connectivity index (χ2v) is 5.01. The highest BCUT2D eigenvalue weighted by atomic mass is 14.9. The van der Waals surface area contributed by atoms with Crippen LogP contribution in [0.5, 0.6) is 0 Å². The average molecular weight is 256 g/mol. The molecule has 102 valence electrons. The van der Waals surface area contributed by atoms with Gasteiger partial charge in [0, 0.05) is 24.8 Å². The summed E-state index contributed by atoms with van der Waals surface area (Å²) in [4.78, 5) is 0. The first-order valence-electron chi connectivity index (χ1n) is 7.24. The van der Waals surface area contributed by atoms with E-state index in [2.05, 4.69) is 53.8 Å². The minimum atomic E-state index is 0.960. The topological polar surface area (TPSA) is 17.0 Å². The number of hydrogen-bond acceptors (Lipinski definition) is 1. The first kappa shape index (κ1) is 13.9. The predicted molar refractivity (Wildman–Crippen MR) is 83.4 cm³/mol. The van der Waals surface area contributed by atoms with Gasteiger partial charge in [-0.05, 0) is 48.9 Å². The van der Waals surface area contributed by atoms with Crippen LogP contribution in [0.15, 0.2) is 43.1 Å². The number of benzene rings is 1. The SMILES string of the molecule is C=CCCCn1ccc2ccc(CNCCC)cc21. The summed E-state index contributed by atoms with van der Waals surface area (Å²) in [5.41, 5.74) is 2.71. The molecular formula is C17H24N2. The predicted octanol–water partition coefficient (Wildman–Crippen LogP) is 4.11. The number of aromatic nitrogens is 1. The van der Waals surface area contributed by atoms with E-state index in [4.69, 9.17) is 0 Å². The molecule has 19 heavy (non-hydrogen) atoms. The van der Waals surface area contributed by atoms with Crippen molar-refractivity contribution in [3.05, 3.63) is 48.7 Å². The van der Waals surface area contributed by atoms with Crippen LogP contribution >= 0.6 is 0 Å². The molecule has 0 saturated carbocycles. The van der Waals surface area contributed by atoms with E-state index in [0.717, 1.165) is 32.5 Å². The lowest BCUT2D eigenvalue weighted by molar-refractivity contribution is 0.666. The van der Waals surface area contributed by atoms with Crippen LogP contribution in [-0.4, -0.2) is 11.1 Å². The Morgan fingerprint density at radius 2 is 2.21 bits per heavy atom. The van der Waals surface area contributed by atoms with Crippen molar-refractivity contribution in [1.29, 1.82) is 0 Å². The maximum absolute atomic E-state index is 3.78. The lowest BCUT2D eigenvalue weighted by Gasteiger charge is -2.07. The Hall–Kier alpha value is -1.54. The molecule has 0 aliphatic heterocycles. The van der Waals surface area contributed by atoms with Gasteiger partial charge in [-0.3, -0.25) is 0 Å². The zero-order valence-corrected chi connectivity index (χ0v) is 11.9. The molecule has 2 rings (SSSR count). The number of unbranched alkanes of at least 4 members (excludes halogenated alkanes) is 1. The second-order valence-electron chi connectivity index (χ2n) is 5.01. The van der Waals surface area contributed by atoms with E-state index >= 15 is 0 Å². The zero-order valence-electron chi connectivity index (χ0n) is 11.9. The van der Waals surface area contributed by atoms with E-state index in [-0.39, 0.29) is 0 Å². The molecule has 1 aromatic carbocycles. The van der Waals surface area contributed by atoms with Crippen LogP contribution in [0.2, 0.25) is 0 Å². The molecule has 0 saturated heterocycles. The van der Waals surface area contributed by atoms with Gasteiger partial charge in [0.15, 0.2) is 0 Å². The molecule has 2 aromatic rings. The molecule has 0 aliphatic rings. The fourth-order valence-corrected chi connectivity index (χ4v) is 2.35. The molecule has 2 nitrogen and oxygen atoms in total. The van der Waals surface area contributed by atoms with Gasteiger partial charge < -0.3 is 9.88 Å². The third-order valence-electron chi connectivity index (χ3n) is 3.40. The highest BCUT2D eigenvalue weighted by molar-refractivity contribution is 5.80. The average Bonchev–Trinajstić information content (AvgIpc) is 2.82. The summed E-state index contributed by atoms with van der Waals surface area (Å²) in [5, 5.41) is 4.79. The Labute approximate surface area is 116 Å². The van der Waals surface area contributed by atoms with Crippen LogP contribution in [0.1, 0.15) is 31.7 Å². The van der Waals surface area contributed by atoms with Gasteiger partial charge in [0.2, 0.25) is 0 Å². The van der Waals surface area contributed by atoms with Gasteiger partial charge in [-0.15, -0.1) is 6.58 Å². The van der Waals surface area contributed by atoms with Gasteiger partial charge in [0.25, 0.3) is 0 Å². The van der Waals surface area contributed by atoms with Crippen molar-refractivity contribution < 1.29 is 0 Å². The van der Waals surface area contributed by atoms with Gasteiger partial charge in [-0.2, -0.15) is 0 Å². The van der Waals surface area contributed by atoms with Crippen LogP contribution in [0, 0.1) is 0 Å². The largest absolute Gasteiger partial charge is 0.347 e. The van der Waals surface area contributed by atoms with Crippen LogP contribution in [0.3, 0.4) is 0 Å². The van der Waals surface area contributed by atoms with Gasteiger partial charge in [0.05, 0.1) is 0 Å². The zero-order chi connectivity index (χ0) is 13.5. The van der Waals surface area contributed by atoms with Crippen molar-refractivity contribution in [3.8, 4) is 0 Å². The minimum Gasteiger partial charge on any atom is -0.347 e. The summed E-state index contributed by atoms with van der Waals surface area (Å²) in [6.45, 7) is 9.09. The van der Waals surface area contributed by atoms with Gasteiger partial charge in [-0.1, -0.05) is 25.1 Å². The number of hydrogen-bond donors (Lipinski definition) is 1.